The smallest absolute Gasteiger partial charge is 0.240 e. The number of rotatable bonds is 5. The summed E-state index contributed by atoms with van der Waals surface area (Å²) in [5.41, 5.74) is 1.61. The molecule has 5 heteroatoms. The van der Waals surface area contributed by atoms with Crippen molar-refractivity contribution < 1.29 is 13.5 Å². The lowest BCUT2D eigenvalue weighted by Gasteiger charge is -2.18. The molecule has 0 unspecified atom stereocenters. The first-order valence-electron chi connectivity index (χ1n) is 6.36. The third kappa shape index (κ3) is 4.93. The van der Waals surface area contributed by atoms with Gasteiger partial charge in [-0.3, -0.25) is 0 Å². The van der Waals surface area contributed by atoms with Crippen molar-refractivity contribution in [2.45, 2.75) is 45.6 Å². The molecule has 4 nitrogen and oxygen atoms in total. The average molecular weight is 285 g/mol. The summed E-state index contributed by atoms with van der Waals surface area (Å²) < 4.78 is 26.8. The Bertz CT molecular complexity index is 530. The van der Waals surface area contributed by atoms with E-state index in [2.05, 4.69) is 25.5 Å². The molecule has 0 spiro atoms. The van der Waals surface area contributed by atoms with Crippen molar-refractivity contribution >= 4 is 10.0 Å². The van der Waals surface area contributed by atoms with Crippen LogP contribution in [0.1, 0.15) is 38.3 Å². The highest BCUT2D eigenvalue weighted by Crippen LogP contribution is 2.19. The minimum absolute atomic E-state index is 0.0893. The fraction of sp³-hybridized carbons (Fsp3) is 0.571. The Morgan fingerprint density at radius 3 is 2.42 bits per heavy atom. The fourth-order valence-electron chi connectivity index (χ4n) is 1.63. The van der Waals surface area contributed by atoms with Crippen LogP contribution >= 0.6 is 0 Å². The molecule has 0 amide bonds. The van der Waals surface area contributed by atoms with Crippen LogP contribution in [-0.2, 0) is 16.6 Å². The molecule has 0 aliphatic carbocycles. The van der Waals surface area contributed by atoms with Gasteiger partial charge < -0.3 is 5.11 Å². The highest BCUT2D eigenvalue weighted by atomic mass is 32.2. The molecule has 0 radical (unpaired) electrons. The molecule has 0 aliphatic heterocycles. The standard InChI is InChI=1S/C14H23NO3S/c1-11-5-6-13(9-12(11)10-16)19(17,18)15-8-7-14(2,3)4/h5-6,9,15-16H,7-8,10H2,1-4H3. The van der Waals surface area contributed by atoms with Gasteiger partial charge in [0.15, 0.2) is 0 Å². The Hall–Kier alpha value is -0.910. The van der Waals surface area contributed by atoms with Gasteiger partial charge >= 0.3 is 0 Å². The zero-order valence-corrected chi connectivity index (χ0v) is 12.8. The summed E-state index contributed by atoms with van der Waals surface area (Å²) in [6.07, 6.45) is 0.769. The number of sulfonamides is 1. The summed E-state index contributed by atoms with van der Waals surface area (Å²) in [4.78, 5) is 0.205. The average Bonchev–Trinajstić information content (AvgIpc) is 2.27. The van der Waals surface area contributed by atoms with Crippen LogP contribution in [0.4, 0.5) is 0 Å². The van der Waals surface area contributed by atoms with E-state index < -0.39 is 10.0 Å². The minimum atomic E-state index is -3.49. The zero-order valence-electron chi connectivity index (χ0n) is 12.0. The molecule has 0 bridgehead atoms. The van der Waals surface area contributed by atoms with Gasteiger partial charge in [0.1, 0.15) is 0 Å². The van der Waals surface area contributed by atoms with Crippen LogP contribution in [0.25, 0.3) is 0 Å². The van der Waals surface area contributed by atoms with E-state index in [1.54, 1.807) is 12.1 Å². The Morgan fingerprint density at radius 1 is 1.26 bits per heavy atom. The molecule has 0 aliphatic rings. The first kappa shape index (κ1) is 16.1. The van der Waals surface area contributed by atoms with Gasteiger partial charge in [-0.2, -0.15) is 0 Å². The molecule has 0 atom stereocenters. The highest BCUT2D eigenvalue weighted by Gasteiger charge is 2.17. The summed E-state index contributed by atoms with van der Waals surface area (Å²) >= 11 is 0. The molecule has 1 rings (SSSR count). The van der Waals surface area contributed by atoms with E-state index in [1.807, 2.05) is 6.92 Å². The van der Waals surface area contributed by atoms with Gasteiger partial charge in [0.05, 0.1) is 11.5 Å². The van der Waals surface area contributed by atoms with E-state index in [0.29, 0.717) is 12.1 Å². The summed E-state index contributed by atoms with van der Waals surface area (Å²) in [5.74, 6) is 0. The first-order chi connectivity index (χ1) is 8.65. The molecular formula is C14H23NO3S. The lowest BCUT2D eigenvalue weighted by Crippen LogP contribution is -2.27. The van der Waals surface area contributed by atoms with Crippen LogP contribution in [0, 0.1) is 12.3 Å². The van der Waals surface area contributed by atoms with E-state index >= 15 is 0 Å². The SMILES string of the molecule is Cc1ccc(S(=O)(=O)NCCC(C)(C)C)cc1CO. The second-order valence-corrected chi connectivity index (χ2v) is 7.72. The largest absolute Gasteiger partial charge is 0.392 e. The van der Waals surface area contributed by atoms with E-state index in [-0.39, 0.29) is 16.9 Å². The van der Waals surface area contributed by atoms with Crippen LogP contribution < -0.4 is 4.72 Å². The van der Waals surface area contributed by atoms with Crippen molar-refractivity contribution in [2.75, 3.05) is 6.54 Å². The molecule has 19 heavy (non-hydrogen) atoms. The van der Waals surface area contributed by atoms with Crippen molar-refractivity contribution in [2.24, 2.45) is 5.41 Å². The van der Waals surface area contributed by atoms with E-state index in [0.717, 1.165) is 12.0 Å². The van der Waals surface area contributed by atoms with E-state index in [9.17, 15) is 13.5 Å². The van der Waals surface area contributed by atoms with Crippen molar-refractivity contribution in [1.29, 1.82) is 0 Å². The van der Waals surface area contributed by atoms with Gasteiger partial charge in [-0.15, -0.1) is 0 Å². The lowest BCUT2D eigenvalue weighted by molar-refractivity contribution is 0.280. The van der Waals surface area contributed by atoms with Gasteiger partial charge in [0.25, 0.3) is 0 Å². The predicted molar refractivity (Wildman–Crippen MR) is 76.4 cm³/mol. The molecule has 2 N–H and O–H groups in total. The Morgan fingerprint density at radius 2 is 1.89 bits per heavy atom. The van der Waals surface area contributed by atoms with Crippen molar-refractivity contribution in [1.82, 2.24) is 4.72 Å². The van der Waals surface area contributed by atoms with Gasteiger partial charge in [0, 0.05) is 6.54 Å². The number of hydrogen-bond donors (Lipinski definition) is 2. The third-order valence-corrected chi connectivity index (χ3v) is 4.43. The maximum absolute atomic E-state index is 12.1. The van der Waals surface area contributed by atoms with Gasteiger partial charge in [-0.25, -0.2) is 13.1 Å². The van der Waals surface area contributed by atoms with Crippen molar-refractivity contribution in [3.63, 3.8) is 0 Å². The molecule has 1 aromatic rings. The molecule has 0 heterocycles. The Labute approximate surface area is 115 Å². The maximum Gasteiger partial charge on any atom is 0.240 e. The number of aryl methyl sites for hydroxylation is 1. The van der Waals surface area contributed by atoms with Crippen LogP contribution in [0.2, 0.25) is 0 Å². The molecule has 0 saturated heterocycles. The number of aliphatic hydroxyl groups is 1. The normalized spacial score (nSPS) is 12.7. The summed E-state index contributed by atoms with van der Waals surface area (Å²) in [6, 6.07) is 4.80. The molecular weight excluding hydrogens is 262 g/mol. The van der Waals surface area contributed by atoms with Crippen LogP contribution in [0.3, 0.4) is 0 Å². The molecule has 108 valence electrons. The second-order valence-electron chi connectivity index (χ2n) is 5.95. The maximum atomic E-state index is 12.1. The monoisotopic (exact) mass is 285 g/mol. The summed E-state index contributed by atoms with van der Waals surface area (Å²) in [5, 5.41) is 9.18. The van der Waals surface area contributed by atoms with Gasteiger partial charge in [-0.1, -0.05) is 26.8 Å². The van der Waals surface area contributed by atoms with Gasteiger partial charge in [-0.05, 0) is 42.0 Å². The van der Waals surface area contributed by atoms with Crippen molar-refractivity contribution in [3.8, 4) is 0 Å². The van der Waals surface area contributed by atoms with Crippen LogP contribution in [0.5, 0.6) is 0 Å². The quantitative estimate of drug-likeness (QED) is 0.871. The number of aliphatic hydroxyl groups excluding tert-OH is 1. The Kier molecular flexibility index (Phi) is 5.12. The van der Waals surface area contributed by atoms with E-state index in [1.165, 1.54) is 6.07 Å². The third-order valence-electron chi connectivity index (χ3n) is 2.97. The molecule has 1 aromatic carbocycles. The molecule has 0 aromatic heterocycles. The number of hydrogen-bond acceptors (Lipinski definition) is 3. The predicted octanol–water partition coefficient (Wildman–Crippen LogP) is 2.20. The second kappa shape index (κ2) is 6.03. The lowest BCUT2D eigenvalue weighted by atomic mass is 9.93. The molecule has 0 fully saturated rings. The van der Waals surface area contributed by atoms with E-state index in [4.69, 9.17) is 0 Å². The van der Waals surface area contributed by atoms with Crippen LogP contribution in [-0.4, -0.2) is 20.1 Å². The summed E-state index contributed by atoms with van der Waals surface area (Å²) in [7, 11) is -3.49. The van der Waals surface area contributed by atoms with Crippen LogP contribution in [0.15, 0.2) is 23.1 Å². The molecule has 0 saturated carbocycles. The van der Waals surface area contributed by atoms with Crippen molar-refractivity contribution in [3.05, 3.63) is 29.3 Å². The summed E-state index contributed by atoms with van der Waals surface area (Å²) in [6.45, 7) is 8.30. The topological polar surface area (TPSA) is 66.4 Å². The zero-order chi connectivity index (χ0) is 14.7. The highest BCUT2D eigenvalue weighted by molar-refractivity contribution is 7.89. The number of nitrogens with one attached hydrogen (secondary N) is 1. The number of benzene rings is 1. The minimum Gasteiger partial charge on any atom is -0.392 e. The van der Waals surface area contributed by atoms with Gasteiger partial charge in [0.2, 0.25) is 10.0 Å². The fourth-order valence-corrected chi connectivity index (χ4v) is 2.71. The Balaban J connectivity index is 2.83. The first-order valence-corrected chi connectivity index (χ1v) is 7.84.